The third-order valence-corrected chi connectivity index (χ3v) is 6.97. The van der Waals surface area contributed by atoms with Crippen molar-refractivity contribution in [1.82, 2.24) is 14.8 Å². The van der Waals surface area contributed by atoms with E-state index in [0.29, 0.717) is 16.6 Å². The molecule has 3 aromatic rings. The van der Waals surface area contributed by atoms with E-state index >= 15 is 0 Å². The normalized spacial score (nSPS) is 12.6. The van der Waals surface area contributed by atoms with Crippen LogP contribution in [0.5, 0.6) is 0 Å². The van der Waals surface area contributed by atoms with Gasteiger partial charge < -0.3 is 0 Å². The third kappa shape index (κ3) is 3.55. The molecular weight excluding hydrogens is 390 g/mol. The van der Waals surface area contributed by atoms with Gasteiger partial charge in [-0.25, -0.2) is 9.67 Å². The number of anilines is 1. The summed E-state index contributed by atoms with van der Waals surface area (Å²) in [6.07, 6.45) is 2.82. The summed E-state index contributed by atoms with van der Waals surface area (Å²) in [7, 11) is 0. The minimum atomic E-state index is -0.227. The van der Waals surface area contributed by atoms with E-state index in [1.807, 2.05) is 23.7 Å². The molecule has 0 bridgehead atoms. The number of fused-ring (bicyclic) bond motifs is 1. The summed E-state index contributed by atoms with van der Waals surface area (Å²) in [5.41, 5.74) is 5.63. The topological polar surface area (TPSA) is 83.6 Å². The quantitative estimate of drug-likeness (QED) is 0.635. The number of nitriles is 1. The molecule has 1 N–H and O–H groups in total. The fourth-order valence-electron chi connectivity index (χ4n) is 3.34. The lowest BCUT2D eigenvalue weighted by Crippen LogP contribution is -2.14. The molecule has 0 unspecified atom stereocenters. The molecule has 1 aromatic carbocycles. The van der Waals surface area contributed by atoms with Crippen molar-refractivity contribution in [3.8, 4) is 11.8 Å². The van der Waals surface area contributed by atoms with Crippen molar-refractivity contribution in [2.45, 2.75) is 37.3 Å². The number of nitrogens with zero attached hydrogens (tertiary/aromatic N) is 4. The largest absolute Gasteiger partial charge is 0.296 e. The predicted octanol–water partition coefficient (Wildman–Crippen LogP) is 4.30. The summed E-state index contributed by atoms with van der Waals surface area (Å²) in [5, 5.41) is 16.8. The fraction of sp³-hybridized carbons (Fsp3) is 0.300. The lowest BCUT2D eigenvalue weighted by Gasteiger charge is -2.05. The number of hydrogen-bond donors (Lipinski definition) is 1. The molecule has 0 radical (unpaired) electrons. The summed E-state index contributed by atoms with van der Waals surface area (Å²) < 4.78 is 2.85. The van der Waals surface area contributed by atoms with Gasteiger partial charge in [-0.3, -0.25) is 10.1 Å². The number of thiazole rings is 1. The molecule has 1 amide bonds. The Morgan fingerprint density at radius 3 is 2.86 bits per heavy atom. The number of rotatable bonds is 5. The van der Waals surface area contributed by atoms with E-state index in [-0.39, 0.29) is 5.91 Å². The van der Waals surface area contributed by atoms with E-state index in [9.17, 15) is 4.79 Å². The van der Waals surface area contributed by atoms with Gasteiger partial charge in [0.15, 0.2) is 10.8 Å². The van der Waals surface area contributed by atoms with Crippen LogP contribution in [-0.4, -0.2) is 26.4 Å². The summed E-state index contributed by atoms with van der Waals surface area (Å²) in [6.45, 7) is 3.94. The van der Waals surface area contributed by atoms with Crippen molar-refractivity contribution in [1.29, 1.82) is 5.26 Å². The van der Waals surface area contributed by atoms with Crippen LogP contribution in [-0.2, 0) is 12.8 Å². The molecule has 0 saturated heterocycles. The van der Waals surface area contributed by atoms with Crippen molar-refractivity contribution in [3.05, 3.63) is 52.5 Å². The molecule has 0 aliphatic heterocycles. The summed E-state index contributed by atoms with van der Waals surface area (Å²) in [5.74, 6) is 0.139. The first-order chi connectivity index (χ1) is 13.6. The number of thioether (sulfide) groups is 1. The molecule has 142 valence electrons. The van der Waals surface area contributed by atoms with Crippen LogP contribution in [0.15, 0.2) is 28.5 Å². The van der Waals surface area contributed by atoms with Gasteiger partial charge in [-0.15, -0.1) is 0 Å². The molecule has 0 atom stereocenters. The predicted molar refractivity (Wildman–Crippen MR) is 111 cm³/mol. The number of amides is 1. The number of benzene rings is 1. The summed E-state index contributed by atoms with van der Waals surface area (Å²) in [6, 6.07) is 10.3. The molecule has 4 rings (SSSR count). The highest BCUT2D eigenvalue weighted by atomic mass is 32.2. The lowest BCUT2D eigenvalue weighted by atomic mass is 10.2. The number of hydrogen-bond acceptors (Lipinski definition) is 6. The van der Waals surface area contributed by atoms with Crippen LogP contribution in [0, 0.1) is 25.2 Å². The Balaban J connectivity index is 1.61. The van der Waals surface area contributed by atoms with E-state index < -0.39 is 0 Å². The number of nitrogens with one attached hydrogen (secondary N) is 1. The van der Waals surface area contributed by atoms with Crippen LogP contribution in [0.2, 0.25) is 0 Å². The first-order valence-electron chi connectivity index (χ1n) is 9.03. The second kappa shape index (κ2) is 7.78. The highest BCUT2D eigenvalue weighted by molar-refractivity contribution is 8.01. The Labute approximate surface area is 171 Å². The van der Waals surface area contributed by atoms with Gasteiger partial charge in [0.1, 0.15) is 0 Å². The fourth-order valence-corrected chi connectivity index (χ4v) is 5.14. The van der Waals surface area contributed by atoms with Crippen molar-refractivity contribution < 1.29 is 4.79 Å². The first kappa shape index (κ1) is 18.7. The van der Waals surface area contributed by atoms with Crippen LogP contribution in [0.4, 0.5) is 5.13 Å². The van der Waals surface area contributed by atoms with E-state index in [1.165, 1.54) is 28.7 Å². The molecule has 2 heterocycles. The number of carbonyl (C=O) groups is 1. The molecule has 6 nitrogen and oxygen atoms in total. The minimum absolute atomic E-state index is 0.227. The van der Waals surface area contributed by atoms with Gasteiger partial charge in [0.2, 0.25) is 0 Å². The molecule has 0 saturated carbocycles. The summed E-state index contributed by atoms with van der Waals surface area (Å²) in [4.78, 5) is 17.3. The van der Waals surface area contributed by atoms with E-state index in [0.717, 1.165) is 46.1 Å². The van der Waals surface area contributed by atoms with Crippen molar-refractivity contribution in [2.75, 3.05) is 11.1 Å². The van der Waals surface area contributed by atoms with Crippen molar-refractivity contribution in [3.63, 3.8) is 0 Å². The Hall–Kier alpha value is -2.63. The number of aromatic nitrogens is 3. The van der Waals surface area contributed by atoms with Gasteiger partial charge in [0.05, 0.1) is 27.4 Å². The van der Waals surface area contributed by atoms with E-state index in [4.69, 9.17) is 5.26 Å². The smallest absolute Gasteiger partial charge is 0.278 e. The maximum atomic E-state index is 12.9. The Morgan fingerprint density at radius 2 is 2.11 bits per heavy atom. The van der Waals surface area contributed by atoms with Crippen molar-refractivity contribution in [2.24, 2.45) is 0 Å². The molecule has 28 heavy (non-hydrogen) atoms. The van der Waals surface area contributed by atoms with Crippen LogP contribution in [0.25, 0.3) is 5.69 Å². The third-order valence-electron chi connectivity index (χ3n) is 4.67. The summed E-state index contributed by atoms with van der Waals surface area (Å²) >= 11 is 2.83. The van der Waals surface area contributed by atoms with Crippen LogP contribution in [0.1, 0.15) is 39.4 Å². The molecule has 8 heteroatoms. The lowest BCUT2D eigenvalue weighted by molar-refractivity contribution is 0.102. The highest BCUT2D eigenvalue weighted by Crippen LogP contribution is 2.33. The maximum absolute atomic E-state index is 12.9. The zero-order valence-electron chi connectivity index (χ0n) is 15.7. The Bertz CT molecular complexity index is 1080. The van der Waals surface area contributed by atoms with E-state index in [2.05, 4.69) is 40.5 Å². The molecule has 0 fully saturated rings. The van der Waals surface area contributed by atoms with Crippen LogP contribution >= 0.6 is 23.1 Å². The second-order valence-corrected chi connectivity index (χ2v) is 8.91. The molecule has 1 aliphatic carbocycles. The number of aryl methyl sites for hydroxylation is 2. The monoisotopic (exact) mass is 409 g/mol. The Kier molecular flexibility index (Phi) is 5.20. The zero-order chi connectivity index (χ0) is 19.7. The van der Waals surface area contributed by atoms with E-state index in [1.54, 1.807) is 0 Å². The average molecular weight is 410 g/mol. The van der Waals surface area contributed by atoms with Gasteiger partial charge in [0, 0.05) is 11.3 Å². The zero-order valence-corrected chi connectivity index (χ0v) is 17.3. The number of carbonyl (C=O) groups excluding carboxylic acids is 1. The van der Waals surface area contributed by atoms with Gasteiger partial charge in [0.25, 0.3) is 5.91 Å². The van der Waals surface area contributed by atoms with Gasteiger partial charge in [-0.05, 0) is 45.2 Å². The first-order valence-corrected chi connectivity index (χ1v) is 10.8. The molecule has 2 aromatic heterocycles. The average Bonchev–Trinajstić information content (AvgIpc) is 3.36. The van der Waals surface area contributed by atoms with Crippen molar-refractivity contribution >= 4 is 34.1 Å². The Morgan fingerprint density at radius 1 is 1.32 bits per heavy atom. The minimum Gasteiger partial charge on any atom is -0.296 e. The molecule has 1 aliphatic rings. The van der Waals surface area contributed by atoms with Crippen LogP contribution < -0.4 is 5.32 Å². The second-order valence-electron chi connectivity index (χ2n) is 6.67. The van der Waals surface area contributed by atoms with Gasteiger partial charge in [-0.2, -0.15) is 10.4 Å². The molecule has 0 spiro atoms. The molecular formula is C20H19N5OS2. The highest BCUT2D eigenvalue weighted by Gasteiger charge is 2.27. The SMILES string of the molecule is Cc1ccc(-n2nc(C(=O)Nc3nc(C)c(SCC#N)s3)c3c2CCC3)cc1. The maximum Gasteiger partial charge on any atom is 0.278 e. The standard InChI is InChI=1S/C20H19N5OS2/c1-12-6-8-14(9-7-12)25-16-5-3-4-15(16)17(24-25)18(26)23-20-22-13(2)19(28-20)27-11-10-21/h6-9H,3-5,11H2,1-2H3,(H,22,23,26). The van der Waals surface area contributed by atoms with Gasteiger partial charge >= 0.3 is 0 Å². The van der Waals surface area contributed by atoms with Crippen LogP contribution in [0.3, 0.4) is 0 Å². The van der Waals surface area contributed by atoms with Gasteiger partial charge in [-0.1, -0.05) is 40.8 Å².